The van der Waals surface area contributed by atoms with Crippen LogP contribution in [-0.2, 0) is 0 Å². The molecule has 0 saturated heterocycles. The highest BCUT2D eigenvalue weighted by Gasteiger charge is 1.98. The molecule has 0 aromatic carbocycles. The maximum Gasteiger partial charge on any atom is -0.0157 e. The summed E-state index contributed by atoms with van der Waals surface area (Å²) in [5.41, 5.74) is 3.70. The first kappa shape index (κ1) is 12.0. The van der Waals surface area contributed by atoms with E-state index in [1.165, 1.54) is 11.1 Å². The van der Waals surface area contributed by atoms with Crippen molar-refractivity contribution < 1.29 is 0 Å². The molecule has 0 spiro atoms. The zero-order chi connectivity index (χ0) is 10.3. The Labute approximate surface area is 82.4 Å². The minimum atomic E-state index is 1.06. The van der Waals surface area contributed by atoms with E-state index in [2.05, 4.69) is 44.7 Å². The fourth-order valence-electron chi connectivity index (χ4n) is 1.13. The Morgan fingerprint density at radius 1 is 1.38 bits per heavy atom. The molecule has 1 aliphatic carbocycles. The van der Waals surface area contributed by atoms with Crippen molar-refractivity contribution >= 4 is 0 Å². The molecular formula is C13H20. The van der Waals surface area contributed by atoms with Crippen molar-refractivity contribution in [1.29, 1.82) is 0 Å². The van der Waals surface area contributed by atoms with Crippen LogP contribution in [0.25, 0.3) is 0 Å². The molecule has 0 heteroatoms. The SMILES string of the molecule is C=C(C=C(C)C)C1=CCC=C1.CC. The fourth-order valence-corrected chi connectivity index (χ4v) is 1.13. The Hall–Kier alpha value is -1.04. The van der Waals surface area contributed by atoms with Crippen molar-refractivity contribution in [2.75, 3.05) is 0 Å². The molecule has 0 radical (unpaired) electrons. The Kier molecular flexibility index (Phi) is 5.96. The molecular weight excluding hydrogens is 156 g/mol. The van der Waals surface area contributed by atoms with Crippen molar-refractivity contribution in [3.8, 4) is 0 Å². The molecule has 0 aromatic rings. The van der Waals surface area contributed by atoms with E-state index in [1.54, 1.807) is 0 Å². The normalized spacial score (nSPS) is 12.8. The highest BCUT2D eigenvalue weighted by molar-refractivity contribution is 5.48. The van der Waals surface area contributed by atoms with Crippen LogP contribution in [0.3, 0.4) is 0 Å². The standard InChI is InChI=1S/C11H14.C2H6/c1-9(2)8-10(3)11-6-4-5-7-11;1-2/h4,6-8H,3,5H2,1-2H3;1-2H3. The van der Waals surface area contributed by atoms with E-state index >= 15 is 0 Å². The van der Waals surface area contributed by atoms with Crippen molar-refractivity contribution in [2.45, 2.75) is 34.1 Å². The number of hydrogen-bond donors (Lipinski definition) is 0. The van der Waals surface area contributed by atoms with E-state index in [0.717, 1.165) is 12.0 Å². The average molecular weight is 176 g/mol. The second kappa shape index (κ2) is 6.47. The van der Waals surface area contributed by atoms with Crippen LogP contribution in [0.1, 0.15) is 34.1 Å². The van der Waals surface area contributed by atoms with Crippen LogP contribution in [0, 0.1) is 0 Å². The van der Waals surface area contributed by atoms with Gasteiger partial charge in [-0.2, -0.15) is 0 Å². The predicted octanol–water partition coefficient (Wildman–Crippen LogP) is 4.42. The summed E-state index contributed by atoms with van der Waals surface area (Å²) < 4.78 is 0. The number of rotatable bonds is 2. The van der Waals surface area contributed by atoms with Crippen LogP contribution in [0.15, 0.2) is 47.6 Å². The zero-order valence-corrected chi connectivity index (χ0v) is 9.22. The molecule has 0 heterocycles. The van der Waals surface area contributed by atoms with E-state index < -0.39 is 0 Å². The molecule has 1 rings (SSSR count). The quantitative estimate of drug-likeness (QED) is 0.546. The lowest BCUT2D eigenvalue weighted by molar-refractivity contribution is 1.36. The van der Waals surface area contributed by atoms with Crippen LogP contribution < -0.4 is 0 Å². The Morgan fingerprint density at radius 3 is 2.38 bits per heavy atom. The van der Waals surface area contributed by atoms with Gasteiger partial charge in [-0.15, -0.1) is 0 Å². The van der Waals surface area contributed by atoms with Gasteiger partial charge in [0, 0.05) is 0 Å². The maximum atomic E-state index is 3.98. The molecule has 0 bridgehead atoms. The predicted molar refractivity (Wildman–Crippen MR) is 61.8 cm³/mol. The highest BCUT2D eigenvalue weighted by Crippen LogP contribution is 2.18. The van der Waals surface area contributed by atoms with Gasteiger partial charge >= 0.3 is 0 Å². The van der Waals surface area contributed by atoms with Crippen molar-refractivity contribution in [2.24, 2.45) is 0 Å². The Morgan fingerprint density at radius 2 is 2.00 bits per heavy atom. The summed E-state index contributed by atoms with van der Waals surface area (Å²) in [6, 6.07) is 0. The van der Waals surface area contributed by atoms with Gasteiger partial charge in [-0.3, -0.25) is 0 Å². The smallest absolute Gasteiger partial charge is 0.0157 e. The van der Waals surface area contributed by atoms with Crippen LogP contribution in [0.2, 0.25) is 0 Å². The van der Waals surface area contributed by atoms with Crippen molar-refractivity contribution in [3.05, 3.63) is 47.6 Å². The molecule has 0 amide bonds. The van der Waals surface area contributed by atoms with E-state index in [9.17, 15) is 0 Å². The van der Waals surface area contributed by atoms with Gasteiger partial charge < -0.3 is 0 Å². The van der Waals surface area contributed by atoms with Gasteiger partial charge in [-0.1, -0.05) is 50.3 Å². The van der Waals surface area contributed by atoms with Gasteiger partial charge in [0.05, 0.1) is 0 Å². The number of allylic oxidation sites excluding steroid dienone is 7. The van der Waals surface area contributed by atoms with Crippen molar-refractivity contribution in [1.82, 2.24) is 0 Å². The Bertz CT molecular complexity index is 245. The van der Waals surface area contributed by atoms with Crippen molar-refractivity contribution in [3.63, 3.8) is 0 Å². The lowest BCUT2D eigenvalue weighted by atomic mass is 10.1. The van der Waals surface area contributed by atoms with E-state index in [4.69, 9.17) is 0 Å². The minimum Gasteiger partial charge on any atom is -0.0912 e. The third kappa shape index (κ3) is 4.51. The molecule has 0 unspecified atom stereocenters. The Balaban J connectivity index is 0.000000671. The lowest BCUT2D eigenvalue weighted by Gasteiger charge is -1.98. The summed E-state index contributed by atoms with van der Waals surface area (Å²) in [4.78, 5) is 0. The first-order valence-electron chi connectivity index (χ1n) is 4.91. The largest absolute Gasteiger partial charge is 0.0912 e. The monoisotopic (exact) mass is 176 g/mol. The highest BCUT2D eigenvalue weighted by atomic mass is 14.0. The summed E-state index contributed by atoms with van der Waals surface area (Å²) >= 11 is 0. The van der Waals surface area contributed by atoms with E-state index in [1.807, 2.05) is 13.8 Å². The summed E-state index contributed by atoms with van der Waals surface area (Å²) in [7, 11) is 0. The summed E-state index contributed by atoms with van der Waals surface area (Å²) in [5.74, 6) is 0. The second-order valence-electron chi connectivity index (χ2n) is 3.04. The van der Waals surface area contributed by atoms with Gasteiger partial charge in [0.2, 0.25) is 0 Å². The van der Waals surface area contributed by atoms with Gasteiger partial charge in [0.1, 0.15) is 0 Å². The zero-order valence-electron chi connectivity index (χ0n) is 9.22. The first-order chi connectivity index (χ1) is 6.20. The molecule has 0 atom stereocenters. The average Bonchev–Trinajstić information content (AvgIpc) is 2.58. The van der Waals surface area contributed by atoms with Crippen LogP contribution in [0.4, 0.5) is 0 Å². The van der Waals surface area contributed by atoms with Gasteiger partial charge in [0.15, 0.2) is 0 Å². The van der Waals surface area contributed by atoms with Crippen LogP contribution in [-0.4, -0.2) is 0 Å². The van der Waals surface area contributed by atoms with Gasteiger partial charge in [0.25, 0.3) is 0 Å². The molecule has 72 valence electrons. The summed E-state index contributed by atoms with van der Waals surface area (Å²) in [6.07, 6.45) is 9.65. The molecule has 0 fully saturated rings. The molecule has 0 aliphatic heterocycles. The molecule has 0 nitrogen and oxygen atoms in total. The van der Waals surface area contributed by atoms with Gasteiger partial charge in [-0.05, 0) is 31.4 Å². The summed E-state index contributed by atoms with van der Waals surface area (Å²) in [5, 5.41) is 0. The van der Waals surface area contributed by atoms with Gasteiger partial charge in [-0.25, -0.2) is 0 Å². The summed E-state index contributed by atoms with van der Waals surface area (Å²) in [6.45, 7) is 12.2. The molecule has 0 aromatic heterocycles. The van der Waals surface area contributed by atoms with E-state index in [0.29, 0.717) is 0 Å². The van der Waals surface area contributed by atoms with Crippen LogP contribution in [0.5, 0.6) is 0 Å². The third-order valence-electron chi connectivity index (χ3n) is 1.60. The molecule has 0 N–H and O–H groups in total. The molecule has 13 heavy (non-hydrogen) atoms. The maximum absolute atomic E-state index is 3.98. The third-order valence-corrected chi connectivity index (χ3v) is 1.60. The molecule has 0 saturated carbocycles. The fraction of sp³-hybridized carbons (Fsp3) is 0.385. The van der Waals surface area contributed by atoms with E-state index in [-0.39, 0.29) is 0 Å². The lowest BCUT2D eigenvalue weighted by Crippen LogP contribution is -1.78. The topological polar surface area (TPSA) is 0 Å². The van der Waals surface area contributed by atoms with Crippen LogP contribution >= 0.6 is 0 Å². The molecule has 1 aliphatic rings. The minimum absolute atomic E-state index is 1.06. The second-order valence-corrected chi connectivity index (χ2v) is 3.04. The number of hydrogen-bond acceptors (Lipinski definition) is 0. The first-order valence-corrected chi connectivity index (χ1v) is 4.91.